The Bertz CT molecular complexity index is 361. The molecule has 0 aromatic heterocycles. The summed E-state index contributed by atoms with van der Waals surface area (Å²) >= 11 is 0. The summed E-state index contributed by atoms with van der Waals surface area (Å²) < 4.78 is 9.97. The summed E-state index contributed by atoms with van der Waals surface area (Å²) in [5.41, 5.74) is 7.96. The summed E-state index contributed by atoms with van der Waals surface area (Å²) in [6.45, 7) is 6.45. The smallest absolute Gasteiger partial charge is 0.0460 e. The maximum atomic E-state index is 9.97. The molecule has 86 valence electrons. The van der Waals surface area contributed by atoms with Crippen LogP contribution in [0.3, 0.4) is 0 Å². The van der Waals surface area contributed by atoms with Gasteiger partial charge in [0.15, 0.2) is 0 Å². The fourth-order valence-electron chi connectivity index (χ4n) is 1.47. The molecule has 0 aliphatic rings. The molecular weight excluding hydrogens is 206 g/mol. The zero-order chi connectivity index (χ0) is 11.9. The van der Waals surface area contributed by atoms with Gasteiger partial charge in [0.2, 0.25) is 0 Å². The quantitative estimate of drug-likeness (QED) is 0.722. The predicted octanol–water partition coefficient (Wildman–Crippen LogP) is 3.46. The molecule has 0 saturated heterocycles. The zero-order valence-corrected chi connectivity index (χ0v) is 11.0. The van der Waals surface area contributed by atoms with Crippen LogP contribution in [0.25, 0.3) is 0 Å². The summed E-state index contributed by atoms with van der Waals surface area (Å²) in [5.74, 6) is 0. The minimum Gasteiger partial charge on any atom is -0.398 e. The highest BCUT2D eigenvalue weighted by Crippen LogP contribution is 2.48. The van der Waals surface area contributed by atoms with Crippen LogP contribution >= 0.6 is 10.3 Å². The second kappa shape index (κ2) is 3.72. The van der Waals surface area contributed by atoms with Crippen molar-refractivity contribution < 1.29 is 4.55 Å². The molecule has 0 spiro atoms. The number of nitrogens with two attached hydrogens (primary N) is 1. The first-order valence-electron chi connectivity index (χ1n) is 4.98. The van der Waals surface area contributed by atoms with Crippen LogP contribution in [-0.2, 0) is 5.41 Å². The van der Waals surface area contributed by atoms with Gasteiger partial charge in [0, 0.05) is 10.6 Å². The fraction of sp³-hybridized carbons (Fsp3) is 0.500. The van der Waals surface area contributed by atoms with E-state index in [1.165, 1.54) is 5.56 Å². The third-order valence-corrected chi connectivity index (χ3v) is 3.86. The minimum atomic E-state index is -1.72. The van der Waals surface area contributed by atoms with Gasteiger partial charge in [-0.3, -0.25) is 0 Å². The van der Waals surface area contributed by atoms with Gasteiger partial charge in [-0.2, -0.15) is 0 Å². The van der Waals surface area contributed by atoms with Gasteiger partial charge >= 0.3 is 0 Å². The second-order valence-electron chi connectivity index (χ2n) is 5.28. The molecule has 0 atom stereocenters. The van der Waals surface area contributed by atoms with Crippen molar-refractivity contribution in [3.05, 3.63) is 23.8 Å². The van der Waals surface area contributed by atoms with E-state index in [2.05, 4.69) is 26.8 Å². The molecule has 0 saturated carbocycles. The van der Waals surface area contributed by atoms with E-state index in [0.29, 0.717) is 5.69 Å². The summed E-state index contributed by atoms with van der Waals surface area (Å²) in [5, 5.41) is 0. The van der Waals surface area contributed by atoms with E-state index in [1.807, 2.05) is 24.6 Å². The van der Waals surface area contributed by atoms with E-state index in [4.69, 9.17) is 5.73 Å². The Labute approximate surface area is 94.0 Å². The average Bonchev–Trinajstić information content (AvgIpc) is 1.99. The first-order valence-corrected chi connectivity index (χ1v) is 7.39. The lowest BCUT2D eigenvalue weighted by Crippen LogP contribution is -2.12. The van der Waals surface area contributed by atoms with Crippen molar-refractivity contribution in [2.24, 2.45) is 0 Å². The molecule has 15 heavy (non-hydrogen) atoms. The first-order chi connectivity index (χ1) is 6.62. The van der Waals surface area contributed by atoms with Crippen LogP contribution in [-0.4, -0.2) is 17.1 Å². The fourth-order valence-corrected chi connectivity index (χ4v) is 2.51. The Hall–Kier alpha value is -0.670. The summed E-state index contributed by atoms with van der Waals surface area (Å²) in [6, 6.07) is 5.97. The molecule has 1 aromatic rings. The van der Waals surface area contributed by atoms with Crippen LogP contribution in [0.4, 0.5) is 5.69 Å². The summed E-state index contributed by atoms with van der Waals surface area (Å²) in [4.78, 5) is 0.871. The van der Waals surface area contributed by atoms with Crippen LogP contribution < -0.4 is 5.73 Å². The van der Waals surface area contributed by atoms with Crippen molar-refractivity contribution >= 4 is 16.0 Å². The van der Waals surface area contributed by atoms with Gasteiger partial charge < -0.3 is 10.3 Å². The van der Waals surface area contributed by atoms with Crippen molar-refractivity contribution in [3.8, 4) is 0 Å². The number of benzene rings is 1. The molecule has 1 rings (SSSR count). The van der Waals surface area contributed by atoms with E-state index in [9.17, 15) is 4.55 Å². The van der Waals surface area contributed by atoms with Gasteiger partial charge in [0.25, 0.3) is 0 Å². The number of hydrogen-bond donors (Lipinski definition) is 2. The third kappa shape index (κ3) is 2.89. The van der Waals surface area contributed by atoms with Crippen molar-refractivity contribution in [1.82, 2.24) is 0 Å². The van der Waals surface area contributed by atoms with Gasteiger partial charge in [0.1, 0.15) is 0 Å². The topological polar surface area (TPSA) is 46.2 Å². The molecule has 0 aliphatic carbocycles. The molecule has 3 N–H and O–H groups in total. The monoisotopic (exact) mass is 227 g/mol. The lowest BCUT2D eigenvalue weighted by atomic mass is 9.87. The standard InChI is InChI=1S/C12H21NOS/c1-12(2,3)9-6-7-11(10(13)8-9)15(4,5)14/h6-8,14H,13H2,1-5H3. The van der Waals surface area contributed by atoms with Crippen molar-refractivity contribution in [2.45, 2.75) is 31.1 Å². The Morgan fingerprint density at radius 3 is 2.07 bits per heavy atom. The van der Waals surface area contributed by atoms with E-state index in [1.54, 1.807) is 0 Å². The number of rotatable bonds is 1. The van der Waals surface area contributed by atoms with E-state index in [0.717, 1.165) is 4.90 Å². The molecule has 0 aliphatic heterocycles. The van der Waals surface area contributed by atoms with Gasteiger partial charge in [-0.1, -0.05) is 26.8 Å². The highest BCUT2D eigenvalue weighted by atomic mass is 32.3. The maximum Gasteiger partial charge on any atom is 0.0460 e. The van der Waals surface area contributed by atoms with Crippen LogP contribution in [0, 0.1) is 0 Å². The van der Waals surface area contributed by atoms with Crippen molar-refractivity contribution in [1.29, 1.82) is 0 Å². The molecule has 0 bridgehead atoms. The second-order valence-corrected chi connectivity index (χ2v) is 8.26. The molecule has 0 heterocycles. The molecule has 0 amide bonds. The lowest BCUT2D eigenvalue weighted by Gasteiger charge is -2.27. The van der Waals surface area contributed by atoms with Gasteiger partial charge in [-0.05, 0) is 35.6 Å². The molecule has 2 nitrogen and oxygen atoms in total. The SMILES string of the molecule is CC(C)(C)c1ccc(S(C)(C)O)c(N)c1. The highest BCUT2D eigenvalue weighted by Gasteiger charge is 2.18. The summed E-state index contributed by atoms with van der Waals surface area (Å²) in [6.07, 6.45) is 3.66. The van der Waals surface area contributed by atoms with Crippen LogP contribution in [0.15, 0.2) is 23.1 Å². The van der Waals surface area contributed by atoms with Gasteiger partial charge in [0.05, 0.1) is 0 Å². The maximum absolute atomic E-state index is 9.97. The molecular formula is C12H21NOS. The zero-order valence-electron chi connectivity index (χ0n) is 10.2. The average molecular weight is 227 g/mol. The number of anilines is 1. The van der Waals surface area contributed by atoms with Crippen LogP contribution in [0.2, 0.25) is 0 Å². The van der Waals surface area contributed by atoms with Gasteiger partial charge in [-0.15, -0.1) is 10.3 Å². The van der Waals surface area contributed by atoms with Gasteiger partial charge in [-0.25, -0.2) is 0 Å². The Kier molecular flexibility index (Phi) is 3.08. The Balaban J connectivity index is 3.21. The van der Waals surface area contributed by atoms with E-state index in [-0.39, 0.29) is 5.41 Å². The lowest BCUT2D eigenvalue weighted by molar-refractivity contribution is 0.589. The highest BCUT2D eigenvalue weighted by molar-refractivity contribution is 8.28. The van der Waals surface area contributed by atoms with Crippen LogP contribution in [0.5, 0.6) is 0 Å². The molecule has 0 fully saturated rings. The third-order valence-electron chi connectivity index (χ3n) is 2.41. The Morgan fingerprint density at radius 1 is 1.20 bits per heavy atom. The van der Waals surface area contributed by atoms with E-state index >= 15 is 0 Å². The van der Waals surface area contributed by atoms with Crippen molar-refractivity contribution in [2.75, 3.05) is 18.2 Å². The molecule has 3 heteroatoms. The van der Waals surface area contributed by atoms with Crippen LogP contribution in [0.1, 0.15) is 26.3 Å². The van der Waals surface area contributed by atoms with E-state index < -0.39 is 10.3 Å². The van der Waals surface area contributed by atoms with Crippen molar-refractivity contribution in [3.63, 3.8) is 0 Å². The molecule has 0 unspecified atom stereocenters. The largest absolute Gasteiger partial charge is 0.398 e. The molecule has 0 radical (unpaired) electrons. The number of hydrogen-bond acceptors (Lipinski definition) is 2. The first kappa shape index (κ1) is 12.4. The normalized spacial score (nSPS) is 14.0. The summed E-state index contributed by atoms with van der Waals surface area (Å²) in [7, 11) is -1.72. The number of nitrogen functional groups attached to an aromatic ring is 1. The Morgan fingerprint density at radius 2 is 1.73 bits per heavy atom. The molecule has 1 aromatic carbocycles. The minimum absolute atomic E-state index is 0.0988. The predicted molar refractivity (Wildman–Crippen MR) is 69.9 cm³/mol.